The van der Waals surface area contributed by atoms with Gasteiger partial charge in [0.15, 0.2) is 5.78 Å². The second-order valence-electron chi connectivity index (χ2n) is 5.93. The van der Waals surface area contributed by atoms with Crippen molar-refractivity contribution in [2.75, 3.05) is 18.0 Å². The average Bonchev–Trinajstić information content (AvgIpc) is 3.23. The predicted octanol–water partition coefficient (Wildman–Crippen LogP) is 2.58. The molecule has 1 aliphatic heterocycles. The van der Waals surface area contributed by atoms with E-state index < -0.39 is 0 Å². The molecule has 0 radical (unpaired) electrons. The van der Waals surface area contributed by atoms with Crippen molar-refractivity contribution in [3.05, 3.63) is 39.3 Å². The summed E-state index contributed by atoms with van der Waals surface area (Å²) >= 11 is 1.27. The van der Waals surface area contributed by atoms with Gasteiger partial charge in [-0.25, -0.2) is 9.97 Å². The molecule has 24 heavy (non-hydrogen) atoms. The molecule has 1 amide bonds. The van der Waals surface area contributed by atoms with Crippen LogP contribution in [0.4, 0.5) is 5.95 Å². The highest BCUT2D eigenvalue weighted by Crippen LogP contribution is 2.17. The third kappa shape index (κ3) is 3.79. The molecule has 2 aromatic rings. The maximum absolute atomic E-state index is 12.2. The summed E-state index contributed by atoms with van der Waals surface area (Å²) in [5.74, 6) is 0.519. The van der Waals surface area contributed by atoms with Crippen LogP contribution in [0.5, 0.6) is 0 Å². The Balaban J connectivity index is 1.67. The summed E-state index contributed by atoms with van der Waals surface area (Å²) in [5, 5.41) is 4.57. The normalized spacial score (nSPS) is 14.0. The van der Waals surface area contributed by atoms with Gasteiger partial charge in [0.25, 0.3) is 5.91 Å². The first kappa shape index (κ1) is 16.6. The number of ketones is 1. The van der Waals surface area contributed by atoms with Crippen LogP contribution < -0.4 is 10.2 Å². The molecule has 0 spiro atoms. The average molecular weight is 344 g/mol. The standard InChI is InChI=1S/C17H20N4O2S/c1-11-7-14(20-17(19-11)21-5-3-4-6-21)9-18-16(23)15-8-13(10-24-15)12(2)22/h7-8,10H,3-6,9H2,1-2H3,(H,18,23). The van der Waals surface area contributed by atoms with E-state index in [4.69, 9.17) is 0 Å². The highest BCUT2D eigenvalue weighted by atomic mass is 32.1. The van der Waals surface area contributed by atoms with Crippen molar-refractivity contribution in [2.45, 2.75) is 33.2 Å². The summed E-state index contributed by atoms with van der Waals surface area (Å²) in [7, 11) is 0. The number of hydrogen-bond donors (Lipinski definition) is 1. The molecule has 0 unspecified atom stereocenters. The quantitative estimate of drug-likeness (QED) is 0.844. The number of hydrogen-bond acceptors (Lipinski definition) is 6. The lowest BCUT2D eigenvalue weighted by atomic mass is 10.2. The van der Waals surface area contributed by atoms with Crippen molar-refractivity contribution in [3.63, 3.8) is 0 Å². The molecule has 2 aromatic heterocycles. The summed E-state index contributed by atoms with van der Waals surface area (Å²) in [6.45, 7) is 5.74. The van der Waals surface area contributed by atoms with Crippen molar-refractivity contribution in [1.29, 1.82) is 0 Å². The molecule has 3 rings (SSSR count). The highest BCUT2D eigenvalue weighted by Gasteiger charge is 2.16. The number of amides is 1. The van der Waals surface area contributed by atoms with E-state index in [-0.39, 0.29) is 11.7 Å². The van der Waals surface area contributed by atoms with E-state index >= 15 is 0 Å². The van der Waals surface area contributed by atoms with Gasteiger partial charge in [-0.2, -0.15) is 0 Å². The Bertz CT molecular complexity index is 766. The topological polar surface area (TPSA) is 75.2 Å². The molecular formula is C17H20N4O2S. The SMILES string of the molecule is CC(=O)c1csc(C(=O)NCc2cc(C)nc(N3CCCC3)n2)c1. The van der Waals surface area contributed by atoms with Crippen molar-refractivity contribution in [1.82, 2.24) is 15.3 Å². The van der Waals surface area contributed by atoms with E-state index in [9.17, 15) is 9.59 Å². The number of Topliss-reactive ketones (excluding diaryl/α,β-unsaturated/α-hetero) is 1. The number of rotatable bonds is 5. The van der Waals surface area contributed by atoms with Crippen molar-refractivity contribution in [2.24, 2.45) is 0 Å². The fraction of sp³-hybridized carbons (Fsp3) is 0.412. The van der Waals surface area contributed by atoms with Crippen LogP contribution in [0, 0.1) is 6.92 Å². The van der Waals surface area contributed by atoms with Crippen molar-refractivity contribution in [3.8, 4) is 0 Å². The summed E-state index contributed by atoms with van der Waals surface area (Å²) < 4.78 is 0. The fourth-order valence-electron chi connectivity index (χ4n) is 2.66. The number of anilines is 1. The number of nitrogens with zero attached hydrogens (tertiary/aromatic N) is 3. The molecule has 0 aliphatic carbocycles. The number of aryl methyl sites for hydroxylation is 1. The van der Waals surface area contributed by atoms with E-state index in [1.54, 1.807) is 11.4 Å². The third-order valence-electron chi connectivity index (χ3n) is 3.94. The predicted molar refractivity (Wildman–Crippen MR) is 93.7 cm³/mol. The number of carbonyl (C=O) groups is 2. The first-order valence-electron chi connectivity index (χ1n) is 8.00. The van der Waals surface area contributed by atoms with Crippen molar-refractivity contribution < 1.29 is 9.59 Å². The number of nitrogens with one attached hydrogen (secondary N) is 1. The fourth-order valence-corrected chi connectivity index (χ4v) is 3.53. The molecule has 6 nitrogen and oxygen atoms in total. The van der Waals surface area contributed by atoms with Gasteiger partial charge in [-0.05, 0) is 38.8 Å². The van der Waals surface area contributed by atoms with Gasteiger partial charge in [0.1, 0.15) is 0 Å². The lowest BCUT2D eigenvalue weighted by Gasteiger charge is -2.16. The zero-order valence-electron chi connectivity index (χ0n) is 13.8. The molecule has 0 bridgehead atoms. The molecule has 1 N–H and O–H groups in total. The second kappa shape index (κ2) is 7.09. The van der Waals surface area contributed by atoms with E-state index in [1.165, 1.54) is 31.1 Å². The lowest BCUT2D eigenvalue weighted by molar-refractivity contribution is 0.0954. The minimum atomic E-state index is -0.188. The molecule has 0 aromatic carbocycles. The van der Waals surface area contributed by atoms with Crippen LogP contribution in [0.15, 0.2) is 17.5 Å². The molecule has 7 heteroatoms. The zero-order valence-corrected chi connectivity index (χ0v) is 14.7. The highest BCUT2D eigenvalue weighted by molar-refractivity contribution is 7.12. The summed E-state index contributed by atoms with van der Waals surface area (Å²) in [6, 6.07) is 3.51. The van der Waals surface area contributed by atoms with Gasteiger partial charge in [-0.15, -0.1) is 11.3 Å². The first-order chi connectivity index (χ1) is 11.5. The van der Waals surface area contributed by atoms with Crippen LogP contribution >= 0.6 is 11.3 Å². The second-order valence-corrected chi connectivity index (χ2v) is 6.84. The van der Waals surface area contributed by atoms with Gasteiger partial charge in [-0.3, -0.25) is 9.59 Å². The zero-order chi connectivity index (χ0) is 17.1. The van der Waals surface area contributed by atoms with Crippen molar-refractivity contribution >= 4 is 29.0 Å². The van der Waals surface area contributed by atoms with Crippen LogP contribution in [-0.4, -0.2) is 34.7 Å². The third-order valence-corrected chi connectivity index (χ3v) is 4.87. The van der Waals surface area contributed by atoms with Gasteiger partial charge >= 0.3 is 0 Å². The molecule has 0 saturated carbocycles. The maximum atomic E-state index is 12.2. The molecule has 3 heterocycles. The summed E-state index contributed by atoms with van der Waals surface area (Å²) in [5.41, 5.74) is 2.26. The lowest BCUT2D eigenvalue weighted by Crippen LogP contribution is -2.25. The minimum Gasteiger partial charge on any atom is -0.346 e. The minimum absolute atomic E-state index is 0.0352. The molecule has 1 fully saturated rings. The number of thiophene rings is 1. The van der Waals surface area contributed by atoms with Crippen LogP contribution in [0.3, 0.4) is 0 Å². The van der Waals surface area contributed by atoms with E-state index in [1.807, 2.05) is 13.0 Å². The van der Waals surface area contributed by atoms with Gasteiger partial charge < -0.3 is 10.2 Å². The Labute approximate surface area is 144 Å². The number of aromatic nitrogens is 2. The summed E-state index contributed by atoms with van der Waals surface area (Å²) in [6.07, 6.45) is 2.33. The van der Waals surface area contributed by atoms with E-state index in [0.717, 1.165) is 30.4 Å². The van der Waals surface area contributed by atoms with Crippen LogP contribution in [-0.2, 0) is 6.54 Å². The maximum Gasteiger partial charge on any atom is 0.261 e. The van der Waals surface area contributed by atoms with Gasteiger partial charge in [-0.1, -0.05) is 0 Å². The Morgan fingerprint density at radius 1 is 1.25 bits per heavy atom. The van der Waals surface area contributed by atoms with E-state index in [0.29, 0.717) is 17.0 Å². The molecule has 0 atom stereocenters. The molecule has 1 saturated heterocycles. The van der Waals surface area contributed by atoms with Crippen LogP contribution in [0.2, 0.25) is 0 Å². The Morgan fingerprint density at radius 3 is 2.67 bits per heavy atom. The molecule has 1 aliphatic rings. The molecule has 126 valence electrons. The Kier molecular flexibility index (Phi) is 4.89. The van der Waals surface area contributed by atoms with Crippen LogP contribution in [0.1, 0.15) is 51.2 Å². The van der Waals surface area contributed by atoms with Gasteiger partial charge in [0.2, 0.25) is 5.95 Å². The van der Waals surface area contributed by atoms with E-state index in [2.05, 4.69) is 20.2 Å². The van der Waals surface area contributed by atoms with Gasteiger partial charge in [0, 0.05) is 29.7 Å². The Morgan fingerprint density at radius 2 is 2.00 bits per heavy atom. The van der Waals surface area contributed by atoms with Crippen LogP contribution in [0.25, 0.3) is 0 Å². The monoisotopic (exact) mass is 344 g/mol. The smallest absolute Gasteiger partial charge is 0.261 e. The molecular weight excluding hydrogens is 324 g/mol. The Hall–Kier alpha value is -2.28. The largest absolute Gasteiger partial charge is 0.346 e. The summed E-state index contributed by atoms with van der Waals surface area (Å²) in [4.78, 5) is 35.3. The van der Waals surface area contributed by atoms with Gasteiger partial charge in [0.05, 0.1) is 17.1 Å². The number of carbonyl (C=O) groups excluding carboxylic acids is 2. The first-order valence-corrected chi connectivity index (χ1v) is 8.88.